The predicted octanol–water partition coefficient (Wildman–Crippen LogP) is 1.93. The molecule has 0 aromatic heterocycles. The molecule has 1 fully saturated rings. The lowest BCUT2D eigenvalue weighted by atomic mass is 9.83. The van der Waals surface area contributed by atoms with Crippen LogP contribution in [0.15, 0.2) is 12.1 Å². The molecule has 3 nitrogen and oxygen atoms in total. The quantitative estimate of drug-likeness (QED) is 0.614. The maximum atomic E-state index is 5.93. The summed E-state index contributed by atoms with van der Waals surface area (Å²) in [7, 11) is 0. The molecule has 0 spiro atoms. The molecule has 1 aromatic carbocycles. The zero-order valence-corrected chi connectivity index (χ0v) is 8.21. The molecule has 2 bridgehead atoms. The Hall–Kier alpha value is -1.22. The summed E-state index contributed by atoms with van der Waals surface area (Å²) in [6, 6.07) is 3.95. The van der Waals surface area contributed by atoms with Crippen LogP contribution in [0.4, 0.5) is 11.4 Å². The van der Waals surface area contributed by atoms with Gasteiger partial charge in [-0.25, -0.2) is 0 Å². The van der Waals surface area contributed by atoms with Crippen LogP contribution in [0.25, 0.3) is 0 Å². The number of ether oxygens (including phenoxy) is 1. The molecule has 2 unspecified atom stereocenters. The van der Waals surface area contributed by atoms with Crippen LogP contribution in [-0.2, 0) is 10.3 Å². The van der Waals surface area contributed by atoms with Gasteiger partial charge >= 0.3 is 0 Å². The van der Waals surface area contributed by atoms with Crippen LogP contribution >= 0.6 is 0 Å². The zero-order valence-electron chi connectivity index (χ0n) is 8.21. The van der Waals surface area contributed by atoms with E-state index in [0.717, 1.165) is 12.8 Å². The van der Waals surface area contributed by atoms with E-state index in [2.05, 4.69) is 6.92 Å². The number of hydrogen-bond donors (Lipinski definition) is 2. The Morgan fingerprint density at radius 2 is 2.07 bits per heavy atom. The average molecular weight is 190 g/mol. The molecule has 14 heavy (non-hydrogen) atoms. The van der Waals surface area contributed by atoms with E-state index in [9.17, 15) is 0 Å². The second-order valence-electron chi connectivity index (χ2n) is 4.44. The van der Waals surface area contributed by atoms with Crippen molar-refractivity contribution < 1.29 is 4.74 Å². The van der Waals surface area contributed by atoms with Crippen molar-refractivity contribution in [3.05, 3.63) is 23.3 Å². The van der Waals surface area contributed by atoms with Gasteiger partial charge in [0, 0.05) is 0 Å². The summed E-state index contributed by atoms with van der Waals surface area (Å²) < 4.78 is 5.93. The van der Waals surface area contributed by atoms with Crippen molar-refractivity contribution in [2.24, 2.45) is 0 Å². The average Bonchev–Trinajstić information content (AvgIpc) is 2.62. The molecule has 4 N–H and O–H groups in total. The number of rotatable bonds is 0. The second-order valence-corrected chi connectivity index (χ2v) is 4.44. The summed E-state index contributed by atoms with van der Waals surface area (Å²) in [5.74, 6) is 0. The molecule has 1 saturated heterocycles. The Balaban J connectivity index is 2.26. The first-order valence-corrected chi connectivity index (χ1v) is 4.97. The van der Waals surface area contributed by atoms with E-state index >= 15 is 0 Å². The van der Waals surface area contributed by atoms with Crippen molar-refractivity contribution in [2.75, 3.05) is 11.5 Å². The van der Waals surface area contributed by atoms with Gasteiger partial charge in [-0.3, -0.25) is 0 Å². The predicted molar refractivity (Wildman–Crippen MR) is 55.7 cm³/mol. The first kappa shape index (κ1) is 8.12. The van der Waals surface area contributed by atoms with Crippen molar-refractivity contribution in [1.82, 2.24) is 0 Å². The summed E-state index contributed by atoms with van der Waals surface area (Å²) in [6.45, 7) is 2.13. The monoisotopic (exact) mass is 190 g/mol. The number of fused-ring (bicyclic) bond motifs is 5. The smallest absolute Gasteiger partial charge is 0.0917 e. The third kappa shape index (κ3) is 0.805. The molecule has 0 radical (unpaired) electrons. The van der Waals surface area contributed by atoms with E-state index in [0.29, 0.717) is 11.4 Å². The van der Waals surface area contributed by atoms with Crippen LogP contribution in [0.2, 0.25) is 0 Å². The standard InChI is InChI=1S/C11H14N2O/c1-11-3-2-10(14-11)6-4-8(12)9(13)5-7(6)11/h4-5,10H,2-3,12-13H2,1H3. The molecule has 0 amide bonds. The van der Waals surface area contributed by atoms with Gasteiger partial charge in [0.15, 0.2) is 0 Å². The largest absolute Gasteiger partial charge is 0.397 e. The fourth-order valence-corrected chi connectivity index (χ4v) is 2.63. The molecule has 3 rings (SSSR count). The zero-order chi connectivity index (χ0) is 9.92. The van der Waals surface area contributed by atoms with Crippen molar-refractivity contribution in [2.45, 2.75) is 31.5 Å². The molecule has 74 valence electrons. The Kier molecular flexibility index (Phi) is 1.29. The SMILES string of the molecule is CC12CCC(O1)c1cc(N)c(N)cc12. The summed E-state index contributed by atoms with van der Waals surface area (Å²) >= 11 is 0. The van der Waals surface area contributed by atoms with Gasteiger partial charge in [-0.1, -0.05) is 0 Å². The first-order valence-electron chi connectivity index (χ1n) is 4.97. The van der Waals surface area contributed by atoms with Gasteiger partial charge in [-0.05, 0) is 43.0 Å². The van der Waals surface area contributed by atoms with E-state index in [1.54, 1.807) is 0 Å². The second kappa shape index (κ2) is 2.23. The Morgan fingerprint density at radius 1 is 1.36 bits per heavy atom. The summed E-state index contributed by atoms with van der Waals surface area (Å²) in [6.07, 6.45) is 2.44. The van der Waals surface area contributed by atoms with Gasteiger partial charge in [0.05, 0.1) is 23.1 Å². The third-order valence-corrected chi connectivity index (χ3v) is 3.46. The fourth-order valence-electron chi connectivity index (χ4n) is 2.63. The lowest BCUT2D eigenvalue weighted by molar-refractivity contribution is -0.00699. The molecule has 1 aromatic rings. The van der Waals surface area contributed by atoms with E-state index in [-0.39, 0.29) is 11.7 Å². The molecule has 2 heterocycles. The Bertz CT molecular complexity index is 416. The van der Waals surface area contributed by atoms with Gasteiger partial charge in [-0.15, -0.1) is 0 Å². The summed E-state index contributed by atoms with van der Waals surface area (Å²) in [5.41, 5.74) is 15.3. The number of nitrogen functional groups attached to an aromatic ring is 2. The lowest BCUT2D eigenvalue weighted by Gasteiger charge is -2.21. The fraction of sp³-hybridized carbons (Fsp3) is 0.455. The van der Waals surface area contributed by atoms with Crippen LogP contribution in [0.3, 0.4) is 0 Å². The minimum atomic E-state index is -0.109. The van der Waals surface area contributed by atoms with Crippen LogP contribution < -0.4 is 11.5 Å². The highest BCUT2D eigenvalue weighted by Gasteiger charge is 2.47. The molecular formula is C11H14N2O. The van der Waals surface area contributed by atoms with Crippen molar-refractivity contribution in [3.63, 3.8) is 0 Å². The van der Waals surface area contributed by atoms with E-state index < -0.39 is 0 Å². The minimum absolute atomic E-state index is 0.109. The number of anilines is 2. The topological polar surface area (TPSA) is 61.3 Å². The van der Waals surface area contributed by atoms with Crippen LogP contribution in [0.5, 0.6) is 0 Å². The normalized spacial score (nSPS) is 33.4. The highest BCUT2D eigenvalue weighted by Crippen LogP contribution is 2.55. The highest BCUT2D eigenvalue weighted by molar-refractivity contribution is 5.68. The first-order chi connectivity index (χ1) is 6.60. The summed E-state index contributed by atoms with van der Waals surface area (Å²) in [5, 5.41) is 0. The van der Waals surface area contributed by atoms with Gasteiger partial charge in [0.25, 0.3) is 0 Å². The van der Waals surface area contributed by atoms with Crippen molar-refractivity contribution in [1.29, 1.82) is 0 Å². The number of benzene rings is 1. The van der Waals surface area contributed by atoms with E-state index in [4.69, 9.17) is 16.2 Å². The van der Waals surface area contributed by atoms with Crippen LogP contribution in [0, 0.1) is 0 Å². The van der Waals surface area contributed by atoms with Gasteiger partial charge < -0.3 is 16.2 Å². The van der Waals surface area contributed by atoms with E-state index in [1.165, 1.54) is 11.1 Å². The molecule has 3 heteroatoms. The Morgan fingerprint density at radius 3 is 2.86 bits per heavy atom. The molecule has 2 atom stereocenters. The van der Waals surface area contributed by atoms with Crippen molar-refractivity contribution >= 4 is 11.4 Å². The molecule has 0 saturated carbocycles. The number of nitrogens with two attached hydrogens (primary N) is 2. The maximum Gasteiger partial charge on any atom is 0.0917 e. The minimum Gasteiger partial charge on any atom is -0.397 e. The lowest BCUT2D eigenvalue weighted by Crippen LogP contribution is -2.17. The van der Waals surface area contributed by atoms with Gasteiger partial charge in [0.2, 0.25) is 0 Å². The third-order valence-electron chi connectivity index (χ3n) is 3.46. The number of hydrogen-bond acceptors (Lipinski definition) is 3. The molecule has 0 aliphatic carbocycles. The molecule has 2 aliphatic rings. The summed E-state index contributed by atoms with van der Waals surface area (Å²) in [4.78, 5) is 0. The van der Waals surface area contributed by atoms with Gasteiger partial charge in [0.1, 0.15) is 0 Å². The highest BCUT2D eigenvalue weighted by atomic mass is 16.5. The van der Waals surface area contributed by atoms with Gasteiger partial charge in [-0.2, -0.15) is 0 Å². The Labute approximate surface area is 83.0 Å². The van der Waals surface area contributed by atoms with Crippen molar-refractivity contribution in [3.8, 4) is 0 Å². The van der Waals surface area contributed by atoms with Crippen LogP contribution in [0.1, 0.15) is 37.0 Å². The van der Waals surface area contributed by atoms with E-state index in [1.807, 2.05) is 12.1 Å². The van der Waals surface area contributed by atoms with Crippen LogP contribution in [-0.4, -0.2) is 0 Å². The molecule has 2 aliphatic heterocycles. The maximum absolute atomic E-state index is 5.93. The molecular weight excluding hydrogens is 176 g/mol.